The first-order chi connectivity index (χ1) is 11.7. The molecular formula is C18H21N5O. The lowest BCUT2D eigenvalue weighted by Gasteiger charge is -2.42. The van der Waals surface area contributed by atoms with Crippen molar-refractivity contribution < 1.29 is 5.11 Å². The molecule has 4 rings (SSSR count). The molecule has 1 saturated carbocycles. The molecular weight excluding hydrogens is 302 g/mol. The zero-order chi connectivity index (χ0) is 16.7. The van der Waals surface area contributed by atoms with E-state index >= 15 is 0 Å². The van der Waals surface area contributed by atoms with E-state index in [0.29, 0.717) is 17.8 Å². The first-order valence-corrected chi connectivity index (χ1v) is 8.54. The summed E-state index contributed by atoms with van der Waals surface area (Å²) in [6.07, 6.45) is 8.25. The van der Waals surface area contributed by atoms with E-state index < -0.39 is 6.10 Å². The molecule has 2 aromatic rings. The highest BCUT2D eigenvalue weighted by Crippen LogP contribution is 2.36. The summed E-state index contributed by atoms with van der Waals surface area (Å²) in [6, 6.07) is 4.14. The molecule has 24 heavy (non-hydrogen) atoms. The predicted octanol–water partition coefficient (Wildman–Crippen LogP) is 2.12. The van der Waals surface area contributed by atoms with Crippen molar-refractivity contribution in [2.75, 3.05) is 5.32 Å². The number of nitrogens with one attached hydrogen (secondary N) is 1. The first-order valence-electron chi connectivity index (χ1n) is 8.54. The van der Waals surface area contributed by atoms with Crippen molar-refractivity contribution in [2.45, 2.75) is 57.2 Å². The van der Waals surface area contributed by atoms with Crippen LogP contribution in [0.25, 0.3) is 0 Å². The van der Waals surface area contributed by atoms with Gasteiger partial charge in [-0.3, -0.25) is 4.68 Å². The van der Waals surface area contributed by atoms with Crippen LogP contribution in [-0.2, 0) is 12.8 Å². The Morgan fingerprint density at radius 3 is 2.92 bits per heavy atom. The van der Waals surface area contributed by atoms with Crippen molar-refractivity contribution in [1.82, 2.24) is 14.8 Å². The molecule has 2 aliphatic carbocycles. The highest BCUT2D eigenvalue weighted by atomic mass is 16.3. The summed E-state index contributed by atoms with van der Waals surface area (Å²) in [5, 5.41) is 27.3. The number of aromatic nitrogens is 3. The second-order valence-corrected chi connectivity index (χ2v) is 6.85. The number of fused-ring (bicyclic) bond motifs is 1. The third-order valence-electron chi connectivity index (χ3n) is 5.08. The lowest BCUT2D eigenvalue weighted by Crippen LogP contribution is -2.51. The molecule has 0 amide bonds. The van der Waals surface area contributed by atoms with Gasteiger partial charge in [-0.2, -0.15) is 10.4 Å². The van der Waals surface area contributed by atoms with Crippen molar-refractivity contribution in [2.24, 2.45) is 0 Å². The van der Waals surface area contributed by atoms with Gasteiger partial charge < -0.3 is 10.4 Å². The number of hydrogen-bond acceptors (Lipinski definition) is 5. The van der Waals surface area contributed by atoms with E-state index in [2.05, 4.69) is 16.5 Å². The SMILES string of the molecule is Cc1cnn([C@H]2[C@H](O)C[C@@H]2Nc2nc3c(cc2C#N)CCCC3)c1. The number of aryl methyl sites for hydroxylation is 3. The summed E-state index contributed by atoms with van der Waals surface area (Å²) >= 11 is 0. The lowest BCUT2D eigenvalue weighted by atomic mass is 9.83. The van der Waals surface area contributed by atoms with Crippen LogP contribution in [0, 0.1) is 18.3 Å². The van der Waals surface area contributed by atoms with Gasteiger partial charge in [0.15, 0.2) is 0 Å². The molecule has 2 aliphatic rings. The third kappa shape index (κ3) is 2.55. The second-order valence-electron chi connectivity index (χ2n) is 6.85. The van der Waals surface area contributed by atoms with E-state index in [-0.39, 0.29) is 12.1 Å². The fraction of sp³-hybridized carbons (Fsp3) is 0.500. The number of rotatable bonds is 3. The average Bonchev–Trinajstić information content (AvgIpc) is 2.98. The van der Waals surface area contributed by atoms with E-state index in [1.54, 1.807) is 6.20 Å². The Bertz CT molecular complexity index is 806. The van der Waals surface area contributed by atoms with Crippen molar-refractivity contribution in [1.29, 1.82) is 5.26 Å². The summed E-state index contributed by atoms with van der Waals surface area (Å²) in [5.74, 6) is 0.643. The normalized spacial score (nSPS) is 25.5. The molecule has 2 heterocycles. The van der Waals surface area contributed by atoms with Gasteiger partial charge in [0.05, 0.1) is 29.9 Å². The first kappa shape index (κ1) is 15.2. The van der Waals surface area contributed by atoms with Gasteiger partial charge in [0.25, 0.3) is 0 Å². The van der Waals surface area contributed by atoms with Crippen molar-refractivity contribution in [3.63, 3.8) is 0 Å². The van der Waals surface area contributed by atoms with E-state index in [1.807, 2.05) is 23.9 Å². The predicted molar refractivity (Wildman–Crippen MR) is 89.6 cm³/mol. The molecule has 0 saturated heterocycles. The Hall–Kier alpha value is -2.39. The van der Waals surface area contributed by atoms with Crippen molar-refractivity contribution in [3.05, 3.63) is 40.8 Å². The third-order valence-corrected chi connectivity index (χ3v) is 5.08. The van der Waals surface area contributed by atoms with Crippen LogP contribution in [-0.4, -0.2) is 32.0 Å². The highest BCUT2D eigenvalue weighted by Gasteiger charge is 2.42. The van der Waals surface area contributed by atoms with Gasteiger partial charge >= 0.3 is 0 Å². The second kappa shape index (κ2) is 5.91. The maximum absolute atomic E-state index is 10.2. The van der Waals surface area contributed by atoms with E-state index in [4.69, 9.17) is 4.98 Å². The maximum Gasteiger partial charge on any atom is 0.144 e. The number of anilines is 1. The summed E-state index contributed by atoms with van der Waals surface area (Å²) in [4.78, 5) is 4.72. The molecule has 0 aromatic carbocycles. The van der Waals surface area contributed by atoms with E-state index in [1.165, 1.54) is 12.0 Å². The molecule has 2 N–H and O–H groups in total. The molecule has 0 unspecified atom stereocenters. The van der Waals surface area contributed by atoms with Crippen LogP contribution >= 0.6 is 0 Å². The monoisotopic (exact) mass is 323 g/mol. The molecule has 2 aromatic heterocycles. The minimum Gasteiger partial charge on any atom is -0.391 e. The quantitative estimate of drug-likeness (QED) is 0.903. The highest BCUT2D eigenvalue weighted by molar-refractivity contribution is 5.55. The molecule has 0 bridgehead atoms. The molecule has 3 atom stereocenters. The molecule has 6 nitrogen and oxygen atoms in total. The van der Waals surface area contributed by atoms with Crippen LogP contribution in [0.2, 0.25) is 0 Å². The van der Waals surface area contributed by atoms with Crippen LogP contribution in [0.1, 0.15) is 47.7 Å². The average molecular weight is 323 g/mol. The van der Waals surface area contributed by atoms with Crippen LogP contribution in [0.3, 0.4) is 0 Å². The topological polar surface area (TPSA) is 86.8 Å². The summed E-state index contributed by atoms with van der Waals surface area (Å²) in [6.45, 7) is 1.98. The number of hydrogen-bond donors (Lipinski definition) is 2. The fourth-order valence-corrected chi connectivity index (χ4v) is 3.72. The van der Waals surface area contributed by atoms with Crippen LogP contribution < -0.4 is 5.32 Å². The molecule has 0 spiro atoms. The van der Waals surface area contributed by atoms with Crippen molar-refractivity contribution in [3.8, 4) is 6.07 Å². The lowest BCUT2D eigenvalue weighted by molar-refractivity contribution is 0.0133. The Kier molecular flexibility index (Phi) is 3.73. The number of pyridine rings is 1. The van der Waals surface area contributed by atoms with Gasteiger partial charge in [-0.25, -0.2) is 4.98 Å². The number of nitriles is 1. The van der Waals surface area contributed by atoms with Gasteiger partial charge in [0, 0.05) is 11.9 Å². The Morgan fingerprint density at radius 2 is 2.21 bits per heavy atom. The number of aliphatic hydroxyl groups is 1. The molecule has 0 radical (unpaired) electrons. The zero-order valence-electron chi connectivity index (χ0n) is 13.7. The molecule has 6 heteroatoms. The minimum absolute atomic E-state index is 0.0283. The van der Waals surface area contributed by atoms with Gasteiger partial charge in [0.2, 0.25) is 0 Å². The van der Waals surface area contributed by atoms with E-state index in [9.17, 15) is 10.4 Å². The smallest absolute Gasteiger partial charge is 0.144 e. The molecule has 124 valence electrons. The van der Waals surface area contributed by atoms with Crippen LogP contribution in [0.4, 0.5) is 5.82 Å². The largest absolute Gasteiger partial charge is 0.391 e. The summed E-state index contributed by atoms with van der Waals surface area (Å²) < 4.78 is 1.81. The van der Waals surface area contributed by atoms with Crippen LogP contribution in [0.15, 0.2) is 18.5 Å². The number of nitrogens with zero attached hydrogens (tertiary/aromatic N) is 4. The Morgan fingerprint density at radius 1 is 1.38 bits per heavy atom. The summed E-state index contributed by atoms with van der Waals surface area (Å²) in [7, 11) is 0. The van der Waals surface area contributed by atoms with E-state index in [0.717, 1.165) is 30.5 Å². The Balaban J connectivity index is 1.60. The van der Waals surface area contributed by atoms with Gasteiger partial charge in [0.1, 0.15) is 11.9 Å². The zero-order valence-corrected chi connectivity index (χ0v) is 13.7. The van der Waals surface area contributed by atoms with Gasteiger partial charge in [-0.15, -0.1) is 0 Å². The molecule has 0 aliphatic heterocycles. The maximum atomic E-state index is 10.2. The fourth-order valence-electron chi connectivity index (χ4n) is 3.72. The van der Waals surface area contributed by atoms with Gasteiger partial charge in [-0.05, 0) is 56.2 Å². The standard InChI is InChI=1S/C18H21N5O/c1-11-9-20-23(10-11)17-15(7-16(17)24)22-18-13(8-19)6-12-4-2-3-5-14(12)21-18/h6,9-10,15-17,24H,2-5,7H2,1H3,(H,21,22)/t15-,16+,17+/m0/s1. The minimum atomic E-state index is -0.426. The number of aliphatic hydroxyl groups excluding tert-OH is 1. The Labute approximate surface area is 141 Å². The van der Waals surface area contributed by atoms with Crippen LogP contribution in [0.5, 0.6) is 0 Å². The van der Waals surface area contributed by atoms with Crippen molar-refractivity contribution >= 4 is 5.82 Å². The molecule has 1 fully saturated rings. The summed E-state index contributed by atoms with van der Waals surface area (Å²) in [5.41, 5.74) is 3.97. The van der Waals surface area contributed by atoms with Gasteiger partial charge in [-0.1, -0.05) is 0 Å².